The van der Waals surface area contributed by atoms with Gasteiger partial charge in [0, 0.05) is 0 Å². The van der Waals surface area contributed by atoms with Crippen molar-refractivity contribution in [1.82, 2.24) is 25.1 Å². The first kappa shape index (κ1) is 13.2. The van der Waals surface area contributed by atoms with Crippen LogP contribution in [-0.4, -0.2) is 45.0 Å². The number of rotatable bonds is 6. The normalized spacial score (nSPS) is 10.5. The Morgan fingerprint density at radius 3 is 2.11 bits per heavy atom. The number of ether oxygens (including phenoxy) is 3. The fraction of sp³-hybridized carbons (Fsp3) is 0.545. The lowest BCUT2D eigenvalue weighted by molar-refractivity contribution is 0.289. The molecule has 2 heterocycles. The summed E-state index contributed by atoms with van der Waals surface area (Å²) in [7, 11) is 0. The third-order valence-corrected chi connectivity index (χ3v) is 2.08. The van der Waals surface area contributed by atoms with Gasteiger partial charge in [0.25, 0.3) is 0 Å². The molecule has 0 spiro atoms. The highest BCUT2D eigenvalue weighted by atomic mass is 16.5. The van der Waals surface area contributed by atoms with Crippen LogP contribution in [0, 0.1) is 0 Å². The summed E-state index contributed by atoms with van der Waals surface area (Å²) in [6.07, 6.45) is 0. The quantitative estimate of drug-likeness (QED) is 0.764. The van der Waals surface area contributed by atoms with Crippen molar-refractivity contribution in [2.45, 2.75) is 20.8 Å². The third-order valence-electron chi connectivity index (χ3n) is 2.08. The Labute approximate surface area is 110 Å². The molecule has 0 aliphatic rings. The summed E-state index contributed by atoms with van der Waals surface area (Å²) in [5, 5.41) is 7.75. The third kappa shape index (κ3) is 2.95. The lowest BCUT2D eigenvalue weighted by Crippen LogP contribution is -2.06. The topological polar surface area (TPSA) is 92.1 Å². The predicted octanol–water partition coefficient (Wildman–Crippen LogP) is 1.01. The van der Waals surface area contributed by atoms with E-state index in [9.17, 15) is 0 Å². The smallest absolute Gasteiger partial charge is 0.336 e. The molecular formula is C11H15N5O3. The maximum absolute atomic E-state index is 5.42. The highest BCUT2D eigenvalue weighted by Crippen LogP contribution is 2.22. The van der Waals surface area contributed by atoms with E-state index in [1.807, 2.05) is 20.8 Å². The Kier molecular flexibility index (Phi) is 4.22. The van der Waals surface area contributed by atoms with Crippen molar-refractivity contribution in [3.8, 4) is 17.9 Å². The molecule has 0 unspecified atom stereocenters. The minimum atomic E-state index is 0.170. The van der Waals surface area contributed by atoms with Gasteiger partial charge >= 0.3 is 12.0 Å². The number of fused-ring (bicyclic) bond motifs is 1. The first-order valence-electron chi connectivity index (χ1n) is 6.09. The van der Waals surface area contributed by atoms with Gasteiger partial charge in [0.15, 0.2) is 5.52 Å². The Morgan fingerprint density at radius 1 is 0.737 bits per heavy atom. The zero-order chi connectivity index (χ0) is 13.7. The van der Waals surface area contributed by atoms with Gasteiger partial charge in [0.05, 0.1) is 19.8 Å². The summed E-state index contributed by atoms with van der Waals surface area (Å²) in [6.45, 7) is 6.89. The number of hydrogen-bond acceptors (Lipinski definition) is 8. The van der Waals surface area contributed by atoms with Crippen molar-refractivity contribution in [2.75, 3.05) is 19.8 Å². The second-order valence-corrected chi connectivity index (χ2v) is 3.38. The van der Waals surface area contributed by atoms with E-state index in [0.717, 1.165) is 0 Å². The molecule has 0 aliphatic heterocycles. The molecule has 0 saturated heterocycles. The monoisotopic (exact) mass is 265 g/mol. The Hall–Kier alpha value is -2.25. The van der Waals surface area contributed by atoms with Crippen molar-refractivity contribution >= 4 is 11.2 Å². The van der Waals surface area contributed by atoms with Crippen LogP contribution in [0.15, 0.2) is 0 Å². The Bertz CT molecular complexity index is 563. The van der Waals surface area contributed by atoms with Gasteiger partial charge in [-0.05, 0) is 20.8 Å². The van der Waals surface area contributed by atoms with Crippen LogP contribution in [0.1, 0.15) is 20.8 Å². The van der Waals surface area contributed by atoms with E-state index in [-0.39, 0.29) is 12.0 Å². The molecule has 19 heavy (non-hydrogen) atoms. The molecule has 102 valence electrons. The fourth-order valence-electron chi connectivity index (χ4n) is 1.40. The fourth-order valence-corrected chi connectivity index (χ4v) is 1.40. The van der Waals surface area contributed by atoms with E-state index < -0.39 is 0 Å². The maximum atomic E-state index is 5.42. The van der Waals surface area contributed by atoms with Gasteiger partial charge in [-0.2, -0.15) is 15.0 Å². The van der Waals surface area contributed by atoms with Crippen LogP contribution in [-0.2, 0) is 0 Å². The van der Waals surface area contributed by atoms with Crippen LogP contribution in [0.5, 0.6) is 17.9 Å². The molecule has 0 atom stereocenters. The summed E-state index contributed by atoms with van der Waals surface area (Å²) < 4.78 is 15.9. The van der Waals surface area contributed by atoms with Gasteiger partial charge in [-0.15, -0.1) is 5.10 Å². The van der Waals surface area contributed by atoms with E-state index in [1.165, 1.54) is 0 Å². The van der Waals surface area contributed by atoms with E-state index in [2.05, 4.69) is 25.1 Å². The van der Waals surface area contributed by atoms with Crippen LogP contribution in [0.2, 0.25) is 0 Å². The van der Waals surface area contributed by atoms with Crippen molar-refractivity contribution in [2.24, 2.45) is 0 Å². The molecular weight excluding hydrogens is 250 g/mol. The van der Waals surface area contributed by atoms with Gasteiger partial charge in [-0.1, -0.05) is 5.10 Å². The maximum Gasteiger partial charge on any atom is 0.336 e. The second kappa shape index (κ2) is 6.07. The lowest BCUT2D eigenvalue weighted by atomic mass is 10.5. The first-order chi connectivity index (χ1) is 9.28. The van der Waals surface area contributed by atoms with Crippen LogP contribution in [0.4, 0.5) is 0 Å². The molecule has 2 aromatic heterocycles. The average Bonchev–Trinajstić information content (AvgIpc) is 2.40. The molecule has 0 aromatic carbocycles. The summed E-state index contributed by atoms with van der Waals surface area (Å²) in [5.74, 6) is 0.312. The number of hydrogen-bond donors (Lipinski definition) is 0. The van der Waals surface area contributed by atoms with E-state index in [0.29, 0.717) is 36.9 Å². The highest BCUT2D eigenvalue weighted by molar-refractivity contribution is 5.75. The molecule has 0 aliphatic carbocycles. The molecule has 8 nitrogen and oxygen atoms in total. The SMILES string of the molecule is CCOc1nc(OCC)c2nc(OCC)nnc2n1. The lowest BCUT2D eigenvalue weighted by Gasteiger charge is -2.08. The van der Waals surface area contributed by atoms with Crippen LogP contribution >= 0.6 is 0 Å². The Balaban J connectivity index is 2.51. The van der Waals surface area contributed by atoms with Gasteiger partial charge in [-0.25, -0.2) is 0 Å². The van der Waals surface area contributed by atoms with Gasteiger partial charge < -0.3 is 14.2 Å². The van der Waals surface area contributed by atoms with E-state index in [4.69, 9.17) is 14.2 Å². The largest absolute Gasteiger partial charge is 0.476 e. The molecule has 0 saturated carbocycles. The number of aromatic nitrogens is 5. The summed E-state index contributed by atoms with van der Waals surface area (Å²) in [4.78, 5) is 12.4. The molecule has 8 heteroatoms. The zero-order valence-electron chi connectivity index (χ0n) is 11.1. The van der Waals surface area contributed by atoms with E-state index in [1.54, 1.807) is 0 Å². The minimum Gasteiger partial charge on any atom is -0.476 e. The van der Waals surface area contributed by atoms with Crippen molar-refractivity contribution < 1.29 is 14.2 Å². The molecule has 0 N–H and O–H groups in total. The molecule has 0 fully saturated rings. The highest BCUT2D eigenvalue weighted by Gasteiger charge is 2.14. The van der Waals surface area contributed by atoms with Crippen LogP contribution in [0.25, 0.3) is 11.2 Å². The molecule has 2 rings (SSSR count). The summed E-state index contributed by atoms with van der Waals surface area (Å²) >= 11 is 0. The van der Waals surface area contributed by atoms with Crippen LogP contribution in [0.3, 0.4) is 0 Å². The molecule has 0 amide bonds. The van der Waals surface area contributed by atoms with Crippen molar-refractivity contribution in [3.63, 3.8) is 0 Å². The predicted molar refractivity (Wildman–Crippen MR) is 66.4 cm³/mol. The summed E-state index contributed by atoms with van der Waals surface area (Å²) in [5.41, 5.74) is 0.717. The van der Waals surface area contributed by atoms with Gasteiger partial charge in [-0.3, -0.25) is 0 Å². The summed E-state index contributed by atoms with van der Waals surface area (Å²) in [6, 6.07) is 0.363. The standard InChI is InChI=1S/C11H15N5O3/c1-4-17-9-7-8(13-10(14-9)18-5-2)15-16-11(12-7)19-6-3/h4-6H2,1-3H3. The van der Waals surface area contributed by atoms with Crippen molar-refractivity contribution in [3.05, 3.63) is 0 Å². The van der Waals surface area contributed by atoms with Gasteiger partial charge in [0.2, 0.25) is 11.5 Å². The average molecular weight is 265 g/mol. The molecule has 0 radical (unpaired) electrons. The minimum absolute atomic E-state index is 0.170. The first-order valence-corrected chi connectivity index (χ1v) is 6.09. The zero-order valence-corrected chi connectivity index (χ0v) is 11.1. The van der Waals surface area contributed by atoms with Crippen molar-refractivity contribution in [1.29, 1.82) is 0 Å². The Morgan fingerprint density at radius 2 is 1.42 bits per heavy atom. The molecule has 0 bridgehead atoms. The second-order valence-electron chi connectivity index (χ2n) is 3.38. The van der Waals surface area contributed by atoms with Gasteiger partial charge in [0.1, 0.15) is 0 Å². The van der Waals surface area contributed by atoms with Crippen LogP contribution < -0.4 is 14.2 Å². The number of nitrogens with zero attached hydrogens (tertiary/aromatic N) is 5. The van der Waals surface area contributed by atoms with E-state index >= 15 is 0 Å². The molecule has 2 aromatic rings.